The number of benzene rings is 2. The summed E-state index contributed by atoms with van der Waals surface area (Å²) in [4.78, 5) is 21.9. The molecule has 1 amide bonds. The number of hydrogen-bond donors (Lipinski definition) is 1. The molecule has 3 heterocycles. The van der Waals surface area contributed by atoms with Crippen LogP contribution in [-0.2, 0) is 0 Å². The first-order valence-corrected chi connectivity index (χ1v) is 9.60. The zero-order chi connectivity index (χ0) is 21.2. The number of nitrogens with zero attached hydrogens (tertiary/aromatic N) is 4. The molecule has 1 N–H and O–H groups in total. The van der Waals surface area contributed by atoms with E-state index in [2.05, 4.69) is 20.4 Å². The van der Waals surface area contributed by atoms with Crippen molar-refractivity contribution in [2.24, 2.45) is 0 Å². The van der Waals surface area contributed by atoms with Crippen LogP contribution in [0.2, 0.25) is 0 Å². The van der Waals surface area contributed by atoms with Crippen LogP contribution in [0.25, 0.3) is 28.0 Å². The summed E-state index contributed by atoms with van der Waals surface area (Å²) in [5.74, 6) is -0.662. The largest absolute Gasteiger partial charge is 0.320 e. The molecule has 5 aromatic rings. The Hall–Kier alpha value is -4.39. The summed E-state index contributed by atoms with van der Waals surface area (Å²) in [5, 5.41) is 7.18. The standard InChI is InChI=1S/C24H16FN5O/c25-18-8-6-16(7-9-18)19-10-12-26-14-21(19)29-24(31)20-11-13-27-30-15-22(28-23(20)30)17-4-2-1-3-5-17/h1-15H,(H,29,31). The summed E-state index contributed by atoms with van der Waals surface area (Å²) < 4.78 is 14.9. The lowest BCUT2D eigenvalue weighted by Crippen LogP contribution is -2.14. The quantitative estimate of drug-likeness (QED) is 0.461. The van der Waals surface area contributed by atoms with E-state index in [1.54, 1.807) is 53.6 Å². The summed E-state index contributed by atoms with van der Waals surface area (Å²) >= 11 is 0. The number of aromatic nitrogens is 4. The van der Waals surface area contributed by atoms with E-state index >= 15 is 0 Å². The van der Waals surface area contributed by atoms with Crippen molar-refractivity contribution in [2.45, 2.75) is 0 Å². The molecule has 6 nitrogen and oxygen atoms in total. The zero-order valence-electron chi connectivity index (χ0n) is 16.2. The fraction of sp³-hybridized carbons (Fsp3) is 0. The minimum absolute atomic E-state index is 0.323. The first-order chi connectivity index (χ1) is 15.2. The van der Waals surface area contributed by atoms with E-state index in [0.29, 0.717) is 16.9 Å². The molecule has 31 heavy (non-hydrogen) atoms. The first kappa shape index (κ1) is 18.6. The van der Waals surface area contributed by atoms with Gasteiger partial charge in [-0.25, -0.2) is 13.9 Å². The van der Waals surface area contributed by atoms with Gasteiger partial charge < -0.3 is 5.32 Å². The van der Waals surface area contributed by atoms with Crippen molar-refractivity contribution in [1.29, 1.82) is 0 Å². The fourth-order valence-electron chi connectivity index (χ4n) is 3.39. The second-order valence-electron chi connectivity index (χ2n) is 6.89. The van der Waals surface area contributed by atoms with E-state index in [0.717, 1.165) is 22.4 Å². The van der Waals surface area contributed by atoms with Gasteiger partial charge in [-0.2, -0.15) is 5.10 Å². The van der Waals surface area contributed by atoms with Crippen molar-refractivity contribution >= 4 is 17.2 Å². The van der Waals surface area contributed by atoms with Crippen LogP contribution in [0.1, 0.15) is 10.4 Å². The number of imidazole rings is 1. The molecular weight excluding hydrogens is 393 g/mol. The van der Waals surface area contributed by atoms with Crippen LogP contribution in [0.15, 0.2) is 91.5 Å². The maximum absolute atomic E-state index is 13.3. The predicted molar refractivity (Wildman–Crippen MR) is 116 cm³/mol. The molecule has 3 aromatic heterocycles. The monoisotopic (exact) mass is 409 g/mol. The average Bonchev–Trinajstić information content (AvgIpc) is 3.25. The fourth-order valence-corrected chi connectivity index (χ4v) is 3.39. The summed E-state index contributed by atoms with van der Waals surface area (Å²) in [6, 6.07) is 19.2. The molecule has 0 fully saturated rings. The van der Waals surface area contributed by atoms with E-state index in [-0.39, 0.29) is 11.7 Å². The van der Waals surface area contributed by atoms with Crippen LogP contribution in [-0.4, -0.2) is 25.5 Å². The van der Waals surface area contributed by atoms with Gasteiger partial charge in [-0.1, -0.05) is 42.5 Å². The second kappa shape index (κ2) is 7.79. The van der Waals surface area contributed by atoms with Gasteiger partial charge in [-0.05, 0) is 29.8 Å². The molecule has 0 spiro atoms. The minimum atomic E-state index is -0.339. The van der Waals surface area contributed by atoms with E-state index in [1.165, 1.54) is 12.1 Å². The van der Waals surface area contributed by atoms with Crippen LogP contribution in [0.5, 0.6) is 0 Å². The maximum Gasteiger partial charge on any atom is 0.259 e. The third-order valence-corrected chi connectivity index (χ3v) is 4.90. The van der Waals surface area contributed by atoms with Gasteiger partial charge in [0.15, 0.2) is 5.65 Å². The van der Waals surface area contributed by atoms with Crippen LogP contribution < -0.4 is 5.32 Å². The third kappa shape index (κ3) is 3.64. The highest BCUT2D eigenvalue weighted by molar-refractivity contribution is 6.09. The topological polar surface area (TPSA) is 72.2 Å². The van der Waals surface area contributed by atoms with Crippen molar-refractivity contribution in [3.63, 3.8) is 0 Å². The highest BCUT2D eigenvalue weighted by atomic mass is 19.1. The number of carbonyl (C=O) groups is 1. The van der Waals surface area contributed by atoms with Gasteiger partial charge >= 0.3 is 0 Å². The smallest absolute Gasteiger partial charge is 0.259 e. The van der Waals surface area contributed by atoms with Gasteiger partial charge in [0.1, 0.15) is 5.82 Å². The van der Waals surface area contributed by atoms with Gasteiger partial charge in [0.05, 0.1) is 29.3 Å². The van der Waals surface area contributed by atoms with Crippen LogP contribution in [0, 0.1) is 5.82 Å². The highest BCUT2D eigenvalue weighted by Crippen LogP contribution is 2.28. The van der Waals surface area contributed by atoms with Crippen molar-refractivity contribution < 1.29 is 9.18 Å². The molecule has 0 aliphatic rings. The summed E-state index contributed by atoms with van der Waals surface area (Å²) in [7, 11) is 0. The molecule has 0 bridgehead atoms. The third-order valence-electron chi connectivity index (χ3n) is 4.90. The van der Waals surface area contributed by atoms with Crippen molar-refractivity contribution in [2.75, 3.05) is 5.32 Å². The number of pyridine rings is 1. The summed E-state index contributed by atoms with van der Waals surface area (Å²) in [6.07, 6.45) is 6.54. The molecule has 2 aromatic carbocycles. The van der Waals surface area contributed by atoms with E-state index in [9.17, 15) is 9.18 Å². The molecule has 150 valence electrons. The van der Waals surface area contributed by atoms with Gasteiger partial charge in [0.2, 0.25) is 0 Å². The predicted octanol–water partition coefficient (Wildman–Crippen LogP) is 4.85. The molecule has 0 unspecified atom stereocenters. The minimum Gasteiger partial charge on any atom is -0.320 e. The molecule has 0 aliphatic heterocycles. The normalized spacial score (nSPS) is 10.9. The second-order valence-corrected chi connectivity index (χ2v) is 6.89. The number of halogens is 1. The maximum atomic E-state index is 13.3. The van der Waals surface area contributed by atoms with Gasteiger partial charge in [0.25, 0.3) is 5.91 Å². The molecule has 0 radical (unpaired) electrons. The molecule has 0 aliphatic carbocycles. The number of nitrogens with one attached hydrogen (secondary N) is 1. The first-order valence-electron chi connectivity index (χ1n) is 9.60. The number of fused-ring (bicyclic) bond motifs is 1. The zero-order valence-corrected chi connectivity index (χ0v) is 16.2. The lowest BCUT2D eigenvalue weighted by molar-refractivity contribution is 0.102. The van der Waals surface area contributed by atoms with E-state index in [4.69, 9.17) is 0 Å². The Labute approximate surface area is 177 Å². The Bertz CT molecular complexity index is 1380. The molecule has 0 atom stereocenters. The number of rotatable bonds is 4. The highest BCUT2D eigenvalue weighted by Gasteiger charge is 2.16. The summed E-state index contributed by atoms with van der Waals surface area (Å²) in [6.45, 7) is 0. The van der Waals surface area contributed by atoms with Gasteiger partial charge in [-0.15, -0.1) is 0 Å². The van der Waals surface area contributed by atoms with Crippen LogP contribution in [0.3, 0.4) is 0 Å². The van der Waals surface area contributed by atoms with Gasteiger partial charge in [0, 0.05) is 23.5 Å². The molecule has 0 saturated heterocycles. The molecular formula is C24H16FN5O. The summed E-state index contributed by atoms with van der Waals surface area (Å²) in [5.41, 5.74) is 4.51. The number of anilines is 1. The Morgan fingerprint density at radius 2 is 1.71 bits per heavy atom. The van der Waals surface area contributed by atoms with Crippen LogP contribution >= 0.6 is 0 Å². The average molecular weight is 409 g/mol. The number of hydrogen-bond acceptors (Lipinski definition) is 4. The van der Waals surface area contributed by atoms with Gasteiger partial charge in [-0.3, -0.25) is 9.78 Å². The molecule has 5 rings (SSSR count). The number of amides is 1. The lowest BCUT2D eigenvalue weighted by Gasteiger charge is -2.11. The van der Waals surface area contributed by atoms with Crippen molar-refractivity contribution in [3.05, 3.63) is 103 Å². The number of carbonyl (C=O) groups excluding carboxylic acids is 1. The van der Waals surface area contributed by atoms with E-state index < -0.39 is 0 Å². The van der Waals surface area contributed by atoms with Crippen LogP contribution in [0.4, 0.5) is 10.1 Å². The Balaban J connectivity index is 1.51. The Morgan fingerprint density at radius 3 is 2.52 bits per heavy atom. The van der Waals surface area contributed by atoms with Crippen molar-refractivity contribution in [3.8, 4) is 22.4 Å². The molecule has 7 heteroatoms. The SMILES string of the molecule is O=C(Nc1cnccc1-c1ccc(F)cc1)c1ccnn2cc(-c3ccccc3)nc12. The van der Waals surface area contributed by atoms with E-state index in [1.807, 2.05) is 30.3 Å². The molecule has 0 saturated carbocycles. The lowest BCUT2D eigenvalue weighted by atomic mass is 10.1. The Morgan fingerprint density at radius 1 is 0.903 bits per heavy atom. The Kier molecular flexibility index (Phi) is 4.68. The van der Waals surface area contributed by atoms with Crippen molar-refractivity contribution in [1.82, 2.24) is 19.6 Å².